The van der Waals surface area contributed by atoms with Crippen LogP contribution in [0.25, 0.3) is 0 Å². The van der Waals surface area contributed by atoms with Gasteiger partial charge in [-0.05, 0) is 13.8 Å². The molecule has 3 nitrogen and oxygen atoms in total. The zero-order chi connectivity index (χ0) is 10.8. The number of hydrogen-bond donors (Lipinski definition) is 0. The molecule has 0 saturated heterocycles. The summed E-state index contributed by atoms with van der Waals surface area (Å²) in [5.74, 6) is 0.887. The van der Waals surface area contributed by atoms with Crippen LogP contribution in [0, 0.1) is 6.10 Å². The molecule has 0 aliphatic rings. The third-order valence-corrected chi connectivity index (χ3v) is 1.71. The third-order valence-electron chi connectivity index (χ3n) is 1.40. The number of alkyl halides is 2. The summed E-state index contributed by atoms with van der Waals surface area (Å²) in [4.78, 5) is 0. The molecule has 1 unspecified atom stereocenters. The second-order valence-corrected chi connectivity index (χ2v) is 3.25. The molecular formula is C9H17Cl2O3. The zero-order valence-electron chi connectivity index (χ0n) is 8.59. The Labute approximate surface area is 95.6 Å². The van der Waals surface area contributed by atoms with Crippen molar-refractivity contribution < 1.29 is 14.2 Å². The van der Waals surface area contributed by atoms with E-state index in [0.29, 0.717) is 37.7 Å². The molecule has 0 bridgehead atoms. The summed E-state index contributed by atoms with van der Waals surface area (Å²) in [6.45, 7) is 5.16. The molecule has 0 aliphatic carbocycles. The molecule has 14 heavy (non-hydrogen) atoms. The van der Waals surface area contributed by atoms with Crippen molar-refractivity contribution in [2.75, 3.05) is 31.6 Å². The maximum Gasteiger partial charge on any atom is 0.189 e. The molecule has 0 aromatic carbocycles. The molecule has 0 saturated carbocycles. The summed E-state index contributed by atoms with van der Waals surface area (Å²) in [7, 11) is 0. The van der Waals surface area contributed by atoms with E-state index in [4.69, 9.17) is 37.4 Å². The van der Waals surface area contributed by atoms with E-state index < -0.39 is 6.29 Å². The van der Waals surface area contributed by atoms with E-state index in [0.717, 1.165) is 0 Å². The quantitative estimate of drug-likeness (QED) is 0.460. The van der Waals surface area contributed by atoms with Crippen LogP contribution in [0.1, 0.15) is 13.8 Å². The van der Waals surface area contributed by atoms with Gasteiger partial charge in [0.25, 0.3) is 0 Å². The van der Waals surface area contributed by atoms with Crippen LogP contribution in [0.2, 0.25) is 0 Å². The van der Waals surface area contributed by atoms with Gasteiger partial charge in [0.2, 0.25) is 0 Å². The van der Waals surface area contributed by atoms with E-state index in [1.54, 1.807) is 6.92 Å². The van der Waals surface area contributed by atoms with Crippen LogP contribution >= 0.6 is 23.2 Å². The Kier molecular flexibility index (Phi) is 10.3. The zero-order valence-corrected chi connectivity index (χ0v) is 10.1. The van der Waals surface area contributed by atoms with Gasteiger partial charge in [0.05, 0.1) is 13.2 Å². The Morgan fingerprint density at radius 2 is 1.79 bits per heavy atom. The summed E-state index contributed by atoms with van der Waals surface area (Å²) in [5, 5.41) is 0. The van der Waals surface area contributed by atoms with E-state index in [2.05, 4.69) is 0 Å². The second kappa shape index (κ2) is 9.99. The number of ether oxygens (including phenoxy) is 3. The fourth-order valence-electron chi connectivity index (χ4n) is 0.853. The van der Waals surface area contributed by atoms with Crippen molar-refractivity contribution >= 4 is 23.2 Å². The van der Waals surface area contributed by atoms with Gasteiger partial charge in [-0.1, -0.05) is 0 Å². The minimum absolute atomic E-state index is 0.437. The van der Waals surface area contributed by atoms with Crippen molar-refractivity contribution in [3.8, 4) is 0 Å². The minimum atomic E-state index is -0.443. The highest BCUT2D eigenvalue weighted by Crippen LogP contribution is 2.13. The Morgan fingerprint density at radius 1 is 1.14 bits per heavy atom. The largest absolute Gasteiger partial charge is 0.365 e. The monoisotopic (exact) mass is 243 g/mol. The fraction of sp³-hybridized carbons (Fsp3) is 0.889. The minimum Gasteiger partial charge on any atom is -0.365 e. The molecule has 0 aromatic rings. The first kappa shape index (κ1) is 14.5. The van der Waals surface area contributed by atoms with Crippen molar-refractivity contribution in [1.82, 2.24) is 0 Å². The van der Waals surface area contributed by atoms with Gasteiger partial charge in [-0.2, -0.15) is 0 Å². The average Bonchev–Trinajstić information content (AvgIpc) is 2.20. The van der Waals surface area contributed by atoms with Gasteiger partial charge in [0.15, 0.2) is 6.29 Å². The molecule has 0 amide bonds. The SMILES string of the molecule is CCOC(OCCCl)[C](C)OCCCl. The van der Waals surface area contributed by atoms with Gasteiger partial charge in [-0.25, -0.2) is 0 Å². The summed E-state index contributed by atoms with van der Waals surface area (Å²) in [6, 6.07) is 0. The Morgan fingerprint density at radius 3 is 2.29 bits per heavy atom. The molecule has 85 valence electrons. The normalized spacial score (nSPS) is 13.5. The van der Waals surface area contributed by atoms with Crippen molar-refractivity contribution in [3.05, 3.63) is 6.10 Å². The van der Waals surface area contributed by atoms with E-state index in [-0.39, 0.29) is 0 Å². The summed E-state index contributed by atoms with van der Waals surface area (Å²) < 4.78 is 15.9. The molecule has 0 heterocycles. The average molecular weight is 244 g/mol. The highest BCUT2D eigenvalue weighted by Gasteiger charge is 2.19. The highest BCUT2D eigenvalue weighted by molar-refractivity contribution is 6.18. The maximum absolute atomic E-state index is 5.50. The lowest BCUT2D eigenvalue weighted by molar-refractivity contribution is -0.158. The van der Waals surface area contributed by atoms with Gasteiger partial charge in [0, 0.05) is 18.4 Å². The number of hydrogen-bond acceptors (Lipinski definition) is 3. The summed E-state index contributed by atoms with van der Waals surface area (Å²) in [6.07, 6.45) is 0.236. The highest BCUT2D eigenvalue weighted by atomic mass is 35.5. The smallest absolute Gasteiger partial charge is 0.189 e. The predicted octanol–water partition coefficient (Wildman–Crippen LogP) is 2.41. The first-order valence-electron chi connectivity index (χ1n) is 4.57. The standard InChI is InChI=1S/C9H17Cl2O3/c1-3-12-9(14-7-5-11)8(2)13-6-4-10/h9H,3-7H2,1-2H3. The lowest BCUT2D eigenvalue weighted by Crippen LogP contribution is -2.27. The first-order chi connectivity index (χ1) is 6.76. The van der Waals surface area contributed by atoms with Gasteiger partial charge < -0.3 is 14.2 Å². The summed E-state index contributed by atoms with van der Waals surface area (Å²) >= 11 is 11.0. The van der Waals surface area contributed by atoms with Crippen LogP contribution in [0.3, 0.4) is 0 Å². The molecule has 0 aliphatic heterocycles. The van der Waals surface area contributed by atoms with Crippen LogP contribution in [0.15, 0.2) is 0 Å². The van der Waals surface area contributed by atoms with E-state index >= 15 is 0 Å². The molecule has 0 fully saturated rings. The van der Waals surface area contributed by atoms with Crippen LogP contribution in [0.4, 0.5) is 0 Å². The van der Waals surface area contributed by atoms with Crippen molar-refractivity contribution in [3.63, 3.8) is 0 Å². The molecule has 1 radical (unpaired) electrons. The molecule has 0 rings (SSSR count). The van der Waals surface area contributed by atoms with Gasteiger partial charge in [-0.15, -0.1) is 23.2 Å². The van der Waals surface area contributed by atoms with Crippen LogP contribution in [-0.2, 0) is 14.2 Å². The van der Waals surface area contributed by atoms with Crippen LogP contribution < -0.4 is 0 Å². The van der Waals surface area contributed by atoms with Gasteiger partial charge in [0.1, 0.15) is 6.10 Å². The molecular weight excluding hydrogens is 227 g/mol. The van der Waals surface area contributed by atoms with Crippen LogP contribution in [0.5, 0.6) is 0 Å². The Bertz CT molecular complexity index is 125. The maximum atomic E-state index is 5.50. The van der Waals surface area contributed by atoms with Crippen molar-refractivity contribution in [2.45, 2.75) is 20.1 Å². The Hall–Kier alpha value is 0.460. The third kappa shape index (κ3) is 6.85. The second-order valence-electron chi connectivity index (χ2n) is 2.50. The van der Waals surface area contributed by atoms with Crippen molar-refractivity contribution in [1.29, 1.82) is 0 Å². The number of halogens is 2. The number of rotatable bonds is 9. The predicted molar refractivity (Wildman–Crippen MR) is 57.7 cm³/mol. The molecule has 0 N–H and O–H groups in total. The molecule has 0 spiro atoms. The molecule has 5 heteroatoms. The lowest BCUT2D eigenvalue weighted by Gasteiger charge is -2.22. The van der Waals surface area contributed by atoms with E-state index in [1.165, 1.54) is 0 Å². The Balaban J connectivity index is 3.77. The van der Waals surface area contributed by atoms with Gasteiger partial charge in [-0.3, -0.25) is 0 Å². The summed E-state index contributed by atoms with van der Waals surface area (Å²) in [5.41, 5.74) is 0. The first-order valence-corrected chi connectivity index (χ1v) is 5.64. The van der Waals surface area contributed by atoms with E-state index in [9.17, 15) is 0 Å². The van der Waals surface area contributed by atoms with Crippen LogP contribution in [-0.4, -0.2) is 37.9 Å². The van der Waals surface area contributed by atoms with Gasteiger partial charge >= 0.3 is 0 Å². The lowest BCUT2D eigenvalue weighted by atomic mass is 10.4. The van der Waals surface area contributed by atoms with Crippen molar-refractivity contribution in [2.24, 2.45) is 0 Å². The van der Waals surface area contributed by atoms with E-state index in [1.807, 2.05) is 6.92 Å². The topological polar surface area (TPSA) is 27.7 Å². The molecule has 1 atom stereocenters. The fourth-order valence-corrected chi connectivity index (χ4v) is 1.02. The molecule has 0 aromatic heterocycles.